The van der Waals surface area contributed by atoms with Crippen LogP contribution in [0.4, 0.5) is 0 Å². The molecule has 0 atom stereocenters. The number of methoxy groups -OCH3 is 1. The maximum Gasteiger partial charge on any atom is 0.305 e. The second-order valence-electron chi connectivity index (χ2n) is 10.5. The number of ether oxygens (including phenoxy) is 1. The molecule has 2 aliphatic rings. The number of hydrogen-bond donors (Lipinski definition) is 0. The maximum absolute atomic E-state index is 10.4. The lowest BCUT2D eigenvalue weighted by molar-refractivity contribution is -0.141. The van der Waals surface area contributed by atoms with Crippen molar-refractivity contribution in [3.8, 4) is 0 Å². The van der Waals surface area contributed by atoms with Crippen molar-refractivity contribution in [2.75, 3.05) is 7.11 Å². The second kappa shape index (κ2) is 18.0. The van der Waals surface area contributed by atoms with Crippen molar-refractivity contribution in [1.29, 1.82) is 0 Å². The monoisotopic (exact) mass is 412 g/mol. The van der Waals surface area contributed by atoms with Crippen LogP contribution in [0.1, 0.15) is 114 Å². The first-order chi connectivity index (χ1) is 13.4. The molecule has 0 bridgehead atoms. The zero-order chi connectivity index (χ0) is 23.0. The Balaban J connectivity index is 0. The van der Waals surface area contributed by atoms with Crippen molar-refractivity contribution in [1.82, 2.24) is 0 Å². The Morgan fingerprint density at radius 2 is 1.28 bits per heavy atom. The number of Topliss-reactive ketones (excluding diaryl/α,β-unsaturated/α-hetero) is 1. The number of hydrogen-bond acceptors (Lipinski definition) is 3. The van der Waals surface area contributed by atoms with E-state index in [1.54, 1.807) is 6.92 Å². The number of ketones is 1. The zero-order valence-electron chi connectivity index (χ0n) is 21.3. The molecule has 0 aromatic carbocycles. The Bertz CT molecular complexity index is 402. The lowest BCUT2D eigenvalue weighted by atomic mass is 9.78. The number of carbonyl (C=O) groups is 2. The lowest BCUT2D eigenvalue weighted by Crippen LogP contribution is -2.16. The first kappa shape index (κ1) is 30.3. The summed E-state index contributed by atoms with van der Waals surface area (Å²) in [5.74, 6) is 5.19. The molecule has 0 aromatic heterocycles. The van der Waals surface area contributed by atoms with E-state index in [-0.39, 0.29) is 11.8 Å². The molecule has 3 heteroatoms. The van der Waals surface area contributed by atoms with E-state index < -0.39 is 0 Å². The Labute approximate surface area is 182 Å². The molecule has 0 aromatic rings. The molecule has 0 amide bonds. The Kier molecular flexibility index (Phi) is 18.8. The first-order valence-electron chi connectivity index (χ1n) is 11.9. The van der Waals surface area contributed by atoms with Gasteiger partial charge >= 0.3 is 5.97 Å². The fourth-order valence-corrected chi connectivity index (χ4v) is 3.12. The largest absolute Gasteiger partial charge is 0.469 e. The van der Waals surface area contributed by atoms with Crippen LogP contribution in [0.15, 0.2) is 0 Å². The van der Waals surface area contributed by atoms with E-state index in [0.29, 0.717) is 18.3 Å². The van der Waals surface area contributed by atoms with Crippen LogP contribution in [0, 0.1) is 35.5 Å². The molecule has 0 saturated heterocycles. The van der Waals surface area contributed by atoms with Gasteiger partial charge in [-0.3, -0.25) is 4.79 Å². The molecule has 0 spiro atoms. The summed E-state index contributed by atoms with van der Waals surface area (Å²) in [6.45, 7) is 18.9. The van der Waals surface area contributed by atoms with Gasteiger partial charge in [-0.15, -0.1) is 0 Å². The molecule has 0 unspecified atom stereocenters. The van der Waals surface area contributed by atoms with Gasteiger partial charge in [-0.2, -0.15) is 0 Å². The predicted molar refractivity (Wildman–Crippen MR) is 126 cm³/mol. The molecule has 174 valence electrons. The zero-order valence-corrected chi connectivity index (χ0v) is 21.3. The van der Waals surface area contributed by atoms with E-state index in [4.69, 9.17) is 0 Å². The number of esters is 1. The van der Waals surface area contributed by atoms with Gasteiger partial charge in [0.1, 0.15) is 5.78 Å². The fourth-order valence-electron chi connectivity index (χ4n) is 3.12. The van der Waals surface area contributed by atoms with Crippen molar-refractivity contribution in [3.63, 3.8) is 0 Å². The van der Waals surface area contributed by atoms with Crippen LogP contribution < -0.4 is 0 Å². The highest BCUT2D eigenvalue weighted by atomic mass is 16.5. The van der Waals surface area contributed by atoms with Crippen LogP contribution in [0.3, 0.4) is 0 Å². The van der Waals surface area contributed by atoms with Gasteiger partial charge < -0.3 is 9.53 Å². The van der Waals surface area contributed by atoms with Gasteiger partial charge in [-0.25, -0.2) is 0 Å². The summed E-state index contributed by atoms with van der Waals surface area (Å²) < 4.78 is 4.42. The lowest BCUT2D eigenvalue weighted by Gasteiger charge is -2.28. The van der Waals surface area contributed by atoms with Crippen LogP contribution in [0.2, 0.25) is 0 Å². The number of rotatable bonds is 7. The summed E-state index contributed by atoms with van der Waals surface area (Å²) >= 11 is 0. The molecule has 0 aliphatic heterocycles. The number of carbonyl (C=O) groups excluding carboxylic acids is 2. The van der Waals surface area contributed by atoms with Crippen LogP contribution in [0.25, 0.3) is 0 Å². The van der Waals surface area contributed by atoms with Crippen LogP contribution in [-0.2, 0) is 14.3 Å². The van der Waals surface area contributed by atoms with Gasteiger partial charge in [-0.1, -0.05) is 87.5 Å². The topological polar surface area (TPSA) is 43.4 Å². The first-order valence-corrected chi connectivity index (χ1v) is 11.9. The van der Waals surface area contributed by atoms with Crippen molar-refractivity contribution in [3.05, 3.63) is 0 Å². The third kappa shape index (κ3) is 25.1. The van der Waals surface area contributed by atoms with Crippen molar-refractivity contribution in [2.45, 2.75) is 114 Å². The van der Waals surface area contributed by atoms with Gasteiger partial charge in [0, 0.05) is 12.8 Å². The quantitative estimate of drug-likeness (QED) is 0.402. The van der Waals surface area contributed by atoms with Gasteiger partial charge in [0.15, 0.2) is 0 Å². The van der Waals surface area contributed by atoms with Gasteiger partial charge in [-0.05, 0) is 48.9 Å². The molecule has 0 radical (unpaired) electrons. The fraction of sp³-hybridized carbons (Fsp3) is 0.923. The van der Waals surface area contributed by atoms with E-state index in [1.165, 1.54) is 45.6 Å². The van der Waals surface area contributed by atoms with Gasteiger partial charge in [0.05, 0.1) is 7.11 Å². The summed E-state index contributed by atoms with van der Waals surface area (Å²) in [5, 5.41) is 0. The highest BCUT2D eigenvalue weighted by Crippen LogP contribution is 2.34. The molecule has 2 aliphatic carbocycles. The van der Waals surface area contributed by atoms with E-state index in [9.17, 15) is 9.59 Å². The average Bonchev–Trinajstić information content (AvgIpc) is 3.27. The summed E-state index contributed by atoms with van der Waals surface area (Å²) in [5.41, 5.74) is 0. The molecular weight excluding hydrogens is 360 g/mol. The SMILES string of the molecule is CC(=O)CC(C)C.CC(C)C1CCC1.CC(C)CC1CC1.COC(=O)CC(C)C. The van der Waals surface area contributed by atoms with E-state index in [0.717, 1.165) is 30.1 Å². The smallest absolute Gasteiger partial charge is 0.305 e. The highest BCUT2D eigenvalue weighted by Gasteiger charge is 2.21. The molecule has 3 nitrogen and oxygen atoms in total. The molecule has 0 heterocycles. The standard InChI is InChI=1S/2C7H14.C6H12O2.C6H12O/c1-6(2)5-7-3-4-7;1-6(2)7-4-3-5-7;1-5(2)4-6(7)8-3;1-5(2)4-6(3)7/h2*6-7H,3-5H2,1-2H3;5H,4H2,1-3H3;5H,4H2,1-3H3. The normalized spacial score (nSPS) is 15.5. The van der Waals surface area contributed by atoms with E-state index >= 15 is 0 Å². The van der Waals surface area contributed by atoms with Crippen LogP contribution in [0.5, 0.6) is 0 Å². The van der Waals surface area contributed by atoms with Crippen LogP contribution in [-0.4, -0.2) is 18.9 Å². The Morgan fingerprint density at radius 1 is 0.793 bits per heavy atom. The predicted octanol–water partition coefficient (Wildman–Crippen LogP) is 7.71. The minimum atomic E-state index is -0.125. The third-order valence-electron chi connectivity index (χ3n) is 5.09. The third-order valence-corrected chi connectivity index (χ3v) is 5.09. The highest BCUT2D eigenvalue weighted by molar-refractivity contribution is 5.75. The Hall–Kier alpha value is -0.860. The van der Waals surface area contributed by atoms with E-state index in [2.05, 4.69) is 32.4 Å². The summed E-state index contributed by atoms with van der Waals surface area (Å²) in [7, 11) is 1.41. The summed E-state index contributed by atoms with van der Waals surface area (Å²) in [4.78, 5) is 20.7. The Morgan fingerprint density at radius 3 is 1.34 bits per heavy atom. The summed E-state index contributed by atoms with van der Waals surface area (Å²) in [6.07, 6.45) is 10.2. The summed E-state index contributed by atoms with van der Waals surface area (Å²) in [6, 6.07) is 0. The molecule has 2 fully saturated rings. The molecular formula is C26H52O3. The molecule has 2 saturated carbocycles. The molecule has 0 N–H and O–H groups in total. The van der Waals surface area contributed by atoms with Gasteiger partial charge in [0.2, 0.25) is 0 Å². The average molecular weight is 413 g/mol. The molecule has 2 rings (SSSR count). The maximum atomic E-state index is 10.4. The van der Waals surface area contributed by atoms with E-state index in [1.807, 2.05) is 27.7 Å². The molecule has 29 heavy (non-hydrogen) atoms. The van der Waals surface area contributed by atoms with Crippen molar-refractivity contribution in [2.24, 2.45) is 35.5 Å². The van der Waals surface area contributed by atoms with Crippen LogP contribution >= 0.6 is 0 Å². The minimum Gasteiger partial charge on any atom is -0.469 e. The minimum absolute atomic E-state index is 0.125. The van der Waals surface area contributed by atoms with Crippen molar-refractivity contribution >= 4 is 11.8 Å². The van der Waals surface area contributed by atoms with Gasteiger partial charge in [0.25, 0.3) is 0 Å². The van der Waals surface area contributed by atoms with Crippen molar-refractivity contribution < 1.29 is 14.3 Å². The second-order valence-corrected chi connectivity index (χ2v) is 10.5.